The lowest BCUT2D eigenvalue weighted by atomic mass is 9.96. The van der Waals surface area contributed by atoms with Crippen LogP contribution >= 0.6 is 0 Å². The fraction of sp³-hybridized carbons (Fsp3) is 0.533. The van der Waals surface area contributed by atoms with E-state index in [-0.39, 0.29) is 0 Å². The molecule has 1 atom stereocenters. The van der Waals surface area contributed by atoms with Crippen LogP contribution in [0, 0.1) is 31.1 Å². The molecule has 96 valence electrons. The summed E-state index contributed by atoms with van der Waals surface area (Å²) in [5, 5.41) is 12.5. The molecule has 0 spiro atoms. The summed E-state index contributed by atoms with van der Waals surface area (Å²) in [6.07, 6.45) is 2.23. The molecule has 3 heteroatoms. The average molecular weight is 244 g/mol. The van der Waals surface area contributed by atoms with E-state index in [2.05, 4.69) is 24.4 Å². The van der Waals surface area contributed by atoms with Gasteiger partial charge in [-0.05, 0) is 51.3 Å². The second kappa shape index (κ2) is 4.99. The van der Waals surface area contributed by atoms with Crippen molar-refractivity contribution >= 4 is 0 Å². The Morgan fingerprint density at radius 3 is 2.67 bits per heavy atom. The third kappa shape index (κ3) is 2.49. The second-order valence-electron chi connectivity index (χ2n) is 5.17. The summed E-state index contributed by atoms with van der Waals surface area (Å²) in [6.45, 7) is 4.51. The van der Waals surface area contributed by atoms with Crippen LogP contribution in [0.4, 0.5) is 0 Å². The Hall–Kier alpha value is -1.53. The molecule has 0 bridgehead atoms. The van der Waals surface area contributed by atoms with Crippen molar-refractivity contribution in [3.8, 4) is 11.8 Å². The molecule has 1 unspecified atom stereocenters. The summed E-state index contributed by atoms with van der Waals surface area (Å²) in [5.41, 5.74) is 1.81. The van der Waals surface area contributed by atoms with Gasteiger partial charge in [0, 0.05) is 0 Å². The zero-order valence-electron chi connectivity index (χ0n) is 11.3. The molecule has 1 N–H and O–H groups in total. The number of ether oxygens (including phenoxy) is 1. The molecule has 1 fully saturated rings. The fourth-order valence-electron chi connectivity index (χ4n) is 2.30. The molecule has 0 aliphatic heterocycles. The van der Waals surface area contributed by atoms with E-state index < -0.39 is 5.54 Å². The molecule has 0 amide bonds. The van der Waals surface area contributed by atoms with E-state index in [1.165, 1.54) is 5.56 Å². The Morgan fingerprint density at radius 1 is 1.44 bits per heavy atom. The van der Waals surface area contributed by atoms with Crippen LogP contribution in [0.1, 0.15) is 24.0 Å². The molecule has 3 nitrogen and oxygen atoms in total. The topological polar surface area (TPSA) is 45.0 Å². The molecule has 1 saturated carbocycles. The predicted octanol–water partition coefficient (Wildman–Crippen LogP) is 2.57. The van der Waals surface area contributed by atoms with Crippen molar-refractivity contribution < 1.29 is 4.74 Å². The van der Waals surface area contributed by atoms with Crippen LogP contribution in [-0.2, 0) is 0 Å². The zero-order chi connectivity index (χ0) is 13.2. The van der Waals surface area contributed by atoms with Crippen molar-refractivity contribution in [3.63, 3.8) is 0 Å². The first kappa shape index (κ1) is 12.9. The first-order valence-electron chi connectivity index (χ1n) is 6.41. The Bertz CT molecular complexity index is 474. The van der Waals surface area contributed by atoms with Crippen LogP contribution in [0.2, 0.25) is 0 Å². The number of nitriles is 1. The van der Waals surface area contributed by atoms with Crippen LogP contribution < -0.4 is 10.1 Å². The Kier molecular flexibility index (Phi) is 3.58. The lowest BCUT2D eigenvalue weighted by Crippen LogP contribution is -2.49. The van der Waals surface area contributed by atoms with Crippen LogP contribution in [0.15, 0.2) is 18.2 Å². The lowest BCUT2D eigenvalue weighted by molar-refractivity contribution is 0.210. The normalized spacial score (nSPS) is 17.9. The Labute approximate surface area is 109 Å². The van der Waals surface area contributed by atoms with E-state index in [1.807, 2.05) is 26.1 Å². The van der Waals surface area contributed by atoms with Crippen LogP contribution in [0.5, 0.6) is 5.75 Å². The average Bonchev–Trinajstić information content (AvgIpc) is 3.18. The van der Waals surface area contributed by atoms with Gasteiger partial charge in [0.25, 0.3) is 0 Å². The predicted molar refractivity (Wildman–Crippen MR) is 71.5 cm³/mol. The van der Waals surface area contributed by atoms with Crippen molar-refractivity contribution in [1.29, 1.82) is 5.26 Å². The van der Waals surface area contributed by atoms with Gasteiger partial charge in [0.1, 0.15) is 17.9 Å². The summed E-state index contributed by atoms with van der Waals surface area (Å²) in [5.74, 6) is 1.30. The maximum atomic E-state index is 9.39. The van der Waals surface area contributed by atoms with E-state index in [4.69, 9.17) is 4.74 Å². The number of aryl methyl sites for hydroxylation is 2. The highest BCUT2D eigenvalue weighted by atomic mass is 16.5. The highest BCUT2D eigenvalue weighted by Crippen LogP contribution is 2.39. The van der Waals surface area contributed by atoms with Crippen molar-refractivity contribution in [3.05, 3.63) is 29.3 Å². The van der Waals surface area contributed by atoms with Crippen molar-refractivity contribution in [1.82, 2.24) is 5.32 Å². The molecule has 1 aliphatic carbocycles. The highest BCUT2D eigenvalue weighted by molar-refractivity contribution is 5.36. The monoisotopic (exact) mass is 244 g/mol. The van der Waals surface area contributed by atoms with Crippen LogP contribution in [0.3, 0.4) is 0 Å². The quantitative estimate of drug-likeness (QED) is 0.865. The number of hydrogen-bond donors (Lipinski definition) is 1. The smallest absolute Gasteiger partial charge is 0.143 e. The number of nitrogens with one attached hydrogen (secondary N) is 1. The van der Waals surface area contributed by atoms with Gasteiger partial charge >= 0.3 is 0 Å². The minimum absolute atomic E-state index is 0.411. The number of hydrogen-bond acceptors (Lipinski definition) is 3. The first-order chi connectivity index (χ1) is 8.61. The van der Waals surface area contributed by atoms with Crippen molar-refractivity contribution in [2.24, 2.45) is 5.92 Å². The number of nitrogens with zero attached hydrogens (tertiary/aromatic N) is 1. The molecule has 1 aliphatic rings. The molecular formula is C15H20N2O. The van der Waals surface area contributed by atoms with Gasteiger partial charge in [-0.25, -0.2) is 0 Å². The van der Waals surface area contributed by atoms with E-state index in [1.54, 1.807) is 0 Å². The Balaban J connectivity index is 2.08. The van der Waals surface area contributed by atoms with Gasteiger partial charge < -0.3 is 4.74 Å². The maximum Gasteiger partial charge on any atom is 0.143 e. The van der Waals surface area contributed by atoms with Crippen LogP contribution in [-0.4, -0.2) is 19.2 Å². The van der Waals surface area contributed by atoms with Gasteiger partial charge in [-0.3, -0.25) is 5.32 Å². The first-order valence-corrected chi connectivity index (χ1v) is 6.41. The molecular weight excluding hydrogens is 224 g/mol. The van der Waals surface area contributed by atoms with Gasteiger partial charge in [-0.2, -0.15) is 5.26 Å². The summed E-state index contributed by atoms with van der Waals surface area (Å²) < 4.78 is 5.86. The molecule has 0 heterocycles. The van der Waals surface area contributed by atoms with Crippen molar-refractivity contribution in [2.45, 2.75) is 32.2 Å². The van der Waals surface area contributed by atoms with Gasteiger partial charge in [0.05, 0.1) is 6.07 Å². The van der Waals surface area contributed by atoms with Gasteiger partial charge in [-0.15, -0.1) is 0 Å². The van der Waals surface area contributed by atoms with Gasteiger partial charge in [0.15, 0.2) is 0 Å². The minimum Gasteiger partial charge on any atom is -0.490 e. The van der Waals surface area contributed by atoms with E-state index in [0.29, 0.717) is 12.5 Å². The maximum absolute atomic E-state index is 9.39. The molecule has 1 aromatic carbocycles. The molecule has 0 saturated heterocycles. The van der Waals surface area contributed by atoms with E-state index >= 15 is 0 Å². The van der Waals surface area contributed by atoms with E-state index in [9.17, 15) is 5.26 Å². The lowest BCUT2D eigenvalue weighted by Gasteiger charge is -2.26. The molecule has 0 radical (unpaired) electrons. The molecule has 2 rings (SSSR count). The largest absolute Gasteiger partial charge is 0.490 e. The standard InChI is InChI=1S/C15H20N2O/c1-11-4-7-14(12(2)8-11)18-10-15(9-16,17-3)13-5-6-13/h4,7-8,13,17H,5-6,10H2,1-3H3. The summed E-state index contributed by atoms with van der Waals surface area (Å²) in [7, 11) is 1.84. The van der Waals surface area contributed by atoms with Gasteiger partial charge in [-0.1, -0.05) is 17.7 Å². The number of likely N-dealkylation sites (N-methyl/N-ethyl adjacent to an activating group) is 1. The highest BCUT2D eigenvalue weighted by Gasteiger charge is 2.45. The zero-order valence-corrected chi connectivity index (χ0v) is 11.3. The van der Waals surface area contributed by atoms with Crippen molar-refractivity contribution in [2.75, 3.05) is 13.7 Å². The number of rotatable bonds is 5. The summed E-state index contributed by atoms with van der Waals surface area (Å²) in [6, 6.07) is 8.51. The molecule has 0 aromatic heterocycles. The minimum atomic E-state index is -0.530. The van der Waals surface area contributed by atoms with Gasteiger partial charge in [0.2, 0.25) is 0 Å². The fourth-order valence-corrected chi connectivity index (χ4v) is 2.30. The number of benzene rings is 1. The van der Waals surface area contributed by atoms with Crippen LogP contribution in [0.25, 0.3) is 0 Å². The van der Waals surface area contributed by atoms with E-state index in [0.717, 1.165) is 24.2 Å². The molecule has 1 aromatic rings. The molecule has 18 heavy (non-hydrogen) atoms. The third-order valence-corrected chi connectivity index (χ3v) is 3.71. The Morgan fingerprint density at radius 2 is 2.17 bits per heavy atom. The second-order valence-corrected chi connectivity index (χ2v) is 5.17. The summed E-state index contributed by atoms with van der Waals surface area (Å²) >= 11 is 0. The third-order valence-electron chi connectivity index (χ3n) is 3.71. The SMILES string of the molecule is CNC(C#N)(COc1ccc(C)cc1C)C1CC1. The summed E-state index contributed by atoms with van der Waals surface area (Å²) in [4.78, 5) is 0.